The van der Waals surface area contributed by atoms with Crippen molar-refractivity contribution in [1.29, 1.82) is 0 Å². The number of thiol groups is 1. The number of rotatable bonds is 5. The molecule has 0 aliphatic carbocycles. The highest BCUT2D eigenvalue weighted by Crippen LogP contribution is 2.13. The molecule has 0 saturated carbocycles. The number of hydrogen-bond acceptors (Lipinski definition) is 4. The number of benzene rings is 1. The van der Waals surface area contributed by atoms with Gasteiger partial charge in [0.25, 0.3) is 0 Å². The van der Waals surface area contributed by atoms with Gasteiger partial charge in [-0.05, 0) is 36.8 Å². The first-order valence-corrected chi connectivity index (χ1v) is 6.06. The van der Waals surface area contributed by atoms with Crippen LogP contribution in [0.3, 0.4) is 0 Å². The van der Waals surface area contributed by atoms with E-state index in [1.54, 1.807) is 12.1 Å². The van der Waals surface area contributed by atoms with Crippen LogP contribution in [-0.2, 0) is 10.7 Å². The lowest BCUT2D eigenvalue weighted by Crippen LogP contribution is -2.10. The zero-order valence-corrected chi connectivity index (χ0v) is 9.94. The Morgan fingerprint density at radius 2 is 2.00 bits per heavy atom. The van der Waals surface area contributed by atoms with E-state index in [1.807, 2.05) is 13.0 Å². The molecule has 0 fully saturated rings. The van der Waals surface area contributed by atoms with Crippen LogP contribution in [-0.4, -0.2) is 21.6 Å². The van der Waals surface area contributed by atoms with E-state index in [2.05, 4.69) is 0 Å². The highest BCUT2D eigenvalue weighted by Gasteiger charge is 1.98. The van der Waals surface area contributed by atoms with Crippen LogP contribution in [0.25, 0.3) is 0 Å². The Kier molecular flexibility index (Phi) is 5.01. The van der Waals surface area contributed by atoms with Crippen molar-refractivity contribution in [2.24, 2.45) is 5.73 Å². The summed E-state index contributed by atoms with van der Waals surface area (Å²) in [4.78, 5) is 0.285. The predicted octanol–water partition coefficient (Wildman–Crippen LogP) is 0.941. The molecule has 16 heavy (non-hydrogen) atoms. The fourth-order valence-electron chi connectivity index (χ4n) is 1.10. The highest BCUT2D eigenvalue weighted by molar-refractivity contribution is 7.72. The molecular weight excluding hydrogens is 226 g/mol. The third kappa shape index (κ3) is 3.67. The molecule has 0 aliphatic heterocycles. The molecule has 0 radical (unpaired) electrons. The summed E-state index contributed by atoms with van der Waals surface area (Å²) in [6, 6.07) is 6.28. The molecule has 5 heteroatoms. The molecule has 0 unspecified atom stereocenters. The van der Waals surface area contributed by atoms with Crippen LogP contribution in [0.2, 0.25) is 0 Å². The van der Waals surface area contributed by atoms with E-state index in [-0.39, 0.29) is 4.90 Å². The maximum absolute atomic E-state index is 10.6. The topological polar surface area (TPSA) is 69.4 Å². The standard InChI is InChI=1S/C11H15NO3S/c1-2-9(7-12)8-15-10-3-5-11(6-4-10)16(13)14/h2-6,16H,7-8,12H2,1H3/b9-2+. The second-order valence-corrected chi connectivity index (χ2v) is 4.22. The third-order valence-electron chi connectivity index (χ3n) is 2.14. The maximum Gasteiger partial charge on any atom is 0.168 e. The molecule has 1 aromatic rings. The Bertz CT molecular complexity index is 427. The number of hydrogen-bond donors (Lipinski definition) is 2. The van der Waals surface area contributed by atoms with Gasteiger partial charge in [-0.2, -0.15) is 0 Å². The summed E-state index contributed by atoms with van der Waals surface area (Å²) in [5.41, 5.74) is 6.48. The lowest BCUT2D eigenvalue weighted by atomic mass is 10.3. The largest absolute Gasteiger partial charge is 0.489 e. The molecule has 0 aromatic heterocycles. The van der Waals surface area contributed by atoms with E-state index in [4.69, 9.17) is 10.5 Å². The van der Waals surface area contributed by atoms with Crippen molar-refractivity contribution in [3.05, 3.63) is 35.9 Å². The summed E-state index contributed by atoms with van der Waals surface area (Å²) in [5.74, 6) is 0.633. The molecule has 88 valence electrons. The van der Waals surface area contributed by atoms with E-state index in [1.165, 1.54) is 12.1 Å². The monoisotopic (exact) mass is 241 g/mol. The second kappa shape index (κ2) is 6.30. The van der Waals surface area contributed by atoms with Gasteiger partial charge in [0, 0.05) is 6.54 Å². The van der Waals surface area contributed by atoms with Gasteiger partial charge in [-0.25, -0.2) is 8.42 Å². The van der Waals surface area contributed by atoms with Gasteiger partial charge < -0.3 is 10.5 Å². The lowest BCUT2D eigenvalue weighted by Gasteiger charge is -2.07. The molecule has 2 N–H and O–H groups in total. The first kappa shape index (κ1) is 12.7. The summed E-state index contributed by atoms with van der Waals surface area (Å²) in [6.07, 6.45) is 1.91. The van der Waals surface area contributed by atoms with E-state index in [0.29, 0.717) is 18.9 Å². The SMILES string of the molecule is C/C=C(\CN)COc1ccc([SH](=O)=O)cc1. The maximum atomic E-state index is 10.6. The van der Waals surface area contributed by atoms with Gasteiger partial charge >= 0.3 is 0 Å². The Balaban J connectivity index is 2.62. The van der Waals surface area contributed by atoms with Gasteiger partial charge in [-0.3, -0.25) is 0 Å². The van der Waals surface area contributed by atoms with Crippen molar-refractivity contribution in [3.8, 4) is 5.75 Å². The van der Waals surface area contributed by atoms with Crippen molar-refractivity contribution < 1.29 is 13.2 Å². The van der Waals surface area contributed by atoms with Crippen molar-refractivity contribution >= 4 is 10.7 Å². The zero-order valence-electron chi connectivity index (χ0n) is 9.05. The smallest absolute Gasteiger partial charge is 0.168 e. The average molecular weight is 241 g/mol. The number of allylic oxidation sites excluding steroid dienone is 1. The summed E-state index contributed by atoms with van der Waals surface area (Å²) in [5, 5.41) is 0. The first-order valence-electron chi connectivity index (χ1n) is 4.88. The predicted molar refractivity (Wildman–Crippen MR) is 63.3 cm³/mol. The van der Waals surface area contributed by atoms with Crippen molar-refractivity contribution in [1.82, 2.24) is 0 Å². The molecular formula is C11H15NO3S. The summed E-state index contributed by atoms with van der Waals surface area (Å²) >= 11 is 0. The van der Waals surface area contributed by atoms with Gasteiger partial charge in [0.1, 0.15) is 12.4 Å². The van der Waals surface area contributed by atoms with Gasteiger partial charge in [0.2, 0.25) is 0 Å². The molecule has 4 nitrogen and oxygen atoms in total. The second-order valence-electron chi connectivity index (χ2n) is 3.19. The van der Waals surface area contributed by atoms with Crippen LogP contribution < -0.4 is 10.5 Å². The summed E-state index contributed by atoms with van der Waals surface area (Å²) < 4.78 is 26.7. The molecule has 0 saturated heterocycles. The van der Waals surface area contributed by atoms with Crippen LogP contribution in [0.15, 0.2) is 40.8 Å². The summed E-state index contributed by atoms with van der Waals surface area (Å²) in [6.45, 7) is 2.79. The normalized spacial score (nSPS) is 11.8. The minimum atomic E-state index is -2.52. The fourth-order valence-corrected chi connectivity index (χ4v) is 1.49. The molecule has 0 atom stereocenters. The quantitative estimate of drug-likeness (QED) is 0.594. The van der Waals surface area contributed by atoms with Crippen LogP contribution in [0, 0.1) is 0 Å². The molecule has 1 aromatic carbocycles. The van der Waals surface area contributed by atoms with Crippen molar-refractivity contribution in [2.75, 3.05) is 13.2 Å². The highest BCUT2D eigenvalue weighted by atomic mass is 32.2. The van der Waals surface area contributed by atoms with Gasteiger partial charge in [-0.15, -0.1) is 0 Å². The van der Waals surface area contributed by atoms with Crippen LogP contribution >= 0.6 is 0 Å². The molecule has 0 amide bonds. The van der Waals surface area contributed by atoms with Crippen LogP contribution in [0.5, 0.6) is 5.75 Å². The van der Waals surface area contributed by atoms with Gasteiger partial charge in [0.05, 0.1) is 4.90 Å². The van der Waals surface area contributed by atoms with Crippen LogP contribution in [0.4, 0.5) is 0 Å². The Hall–Kier alpha value is -1.33. The Labute approximate surface area is 96.7 Å². The molecule has 0 heterocycles. The third-order valence-corrected chi connectivity index (χ3v) is 2.86. The minimum Gasteiger partial charge on any atom is -0.489 e. The van der Waals surface area contributed by atoms with E-state index < -0.39 is 10.7 Å². The van der Waals surface area contributed by atoms with Crippen LogP contribution in [0.1, 0.15) is 6.92 Å². The molecule has 0 bridgehead atoms. The first-order chi connectivity index (χ1) is 7.67. The molecule has 0 spiro atoms. The minimum absolute atomic E-state index is 0.285. The average Bonchev–Trinajstić information content (AvgIpc) is 2.31. The molecule has 1 rings (SSSR count). The number of ether oxygens (including phenoxy) is 1. The Morgan fingerprint density at radius 3 is 2.44 bits per heavy atom. The lowest BCUT2D eigenvalue weighted by molar-refractivity contribution is 0.350. The van der Waals surface area contributed by atoms with E-state index in [0.717, 1.165) is 5.57 Å². The molecule has 0 aliphatic rings. The van der Waals surface area contributed by atoms with E-state index >= 15 is 0 Å². The summed E-state index contributed by atoms with van der Waals surface area (Å²) in [7, 11) is -2.52. The van der Waals surface area contributed by atoms with Gasteiger partial charge in [0.15, 0.2) is 10.7 Å². The number of nitrogens with two attached hydrogens (primary N) is 1. The van der Waals surface area contributed by atoms with Crippen molar-refractivity contribution in [2.45, 2.75) is 11.8 Å². The zero-order chi connectivity index (χ0) is 12.0. The van der Waals surface area contributed by atoms with E-state index in [9.17, 15) is 8.42 Å². The van der Waals surface area contributed by atoms with Gasteiger partial charge in [-0.1, -0.05) is 6.08 Å². The fraction of sp³-hybridized carbons (Fsp3) is 0.273. The Morgan fingerprint density at radius 1 is 1.38 bits per heavy atom. The van der Waals surface area contributed by atoms with Crippen molar-refractivity contribution in [3.63, 3.8) is 0 Å².